The van der Waals surface area contributed by atoms with Crippen LogP contribution in [0.15, 0.2) is 44.9 Å². The minimum atomic E-state index is -0.139. The van der Waals surface area contributed by atoms with Crippen LogP contribution in [0.1, 0.15) is 0 Å². The van der Waals surface area contributed by atoms with E-state index in [0.29, 0.717) is 0 Å². The van der Waals surface area contributed by atoms with Gasteiger partial charge in [0, 0.05) is 0 Å². The molecule has 0 saturated carbocycles. The molecule has 0 aromatic rings. The minimum Gasteiger partial charge on any atom is -0.121 e. The first-order chi connectivity index (χ1) is 6.92. The van der Waals surface area contributed by atoms with Crippen LogP contribution in [-0.2, 0) is 0 Å². The van der Waals surface area contributed by atoms with Gasteiger partial charge in [-0.25, -0.2) is 0 Å². The molecule has 0 spiro atoms. The Morgan fingerprint density at radius 1 is 0.867 bits per heavy atom. The van der Waals surface area contributed by atoms with E-state index in [1.807, 2.05) is 0 Å². The summed E-state index contributed by atoms with van der Waals surface area (Å²) in [5, 5.41) is 0.279. The highest BCUT2D eigenvalue weighted by atomic mass is 35.5. The van der Waals surface area contributed by atoms with E-state index in [0.717, 1.165) is 0 Å². The lowest BCUT2D eigenvalue weighted by atomic mass is 10.5. The molecular formula is C9H8Cl6. The van der Waals surface area contributed by atoms with Crippen molar-refractivity contribution in [3.05, 3.63) is 44.9 Å². The summed E-state index contributed by atoms with van der Waals surface area (Å²) in [5.41, 5.74) is 0. The van der Waals surface area contributed by atoms with Crippen LogP contribution < -0.4 is 0 Å². The topological polar surface area (TPSA) is 0 Å². The Hall–Kier alpha value is 0.700. The maximum Gasteiger partial charge on any atom is 0.126 e. The summed E-state index contributed by atoms with van der Waals surface area (Å²) in [6, 6.07) is 0. The molecule has 0 amide bonds. The van der Waals surface area contributed by atoms with Gasteiger partial charge in [-0.05, 0) is 0 Å². The fraction of sp³-hybridized carbons (Fsp3) is 0.111. The maximum atomic E-state index is 5.58. The van der Waals surface area contributed by atoms with Gasteiger partial charge in [-0.15, -0.1) is 11.6 Å². The number of halogens is 6. The third kappa shape index (κ3) is 9.62. The Labute approximate surface area is 120 Å². The molecule has 0 N–H and O–H groups in total. The zero-order valence-electron chi connectivity index (χ0n) is 7.54. The van der Waals surface area contributed by atoms with Gasteiger partial charge in [0.15, 0.2) is 0 Å². The van der Waals surface area contributed by atoms with Gasteiger partial charge in [0.25, 0.3) is 0 Å². The second kappa shape index (κ2) is 11.2. The molecule has 0 fully saturated rings. The molecule has 0 rings (SSSR count). The normalized spacial score (nSPS) is 10.5. The van der Waals surface area contributed by atoms with Gasteiger partial charge < -0.3 is 0 Å². The quantitative estimate of drug-likeness (QED) is 0.430. The predicted molar refractivity (Wildman–Crippen MR) is 74.4 cm³/mol. The van der Waals surface area contributed by atoms with Gasteiger partial charge in [0.05, 0.1) is 21.0 Å². The fourth-order valence-electron chi connectivity index (χ4n) is 0.261. The van der Waals surface area contributed by atoms with Gasteiger partial charge in [0.1, 0.15) is 4.49 Å². The predicted octanol–water partition coefficient (Wildman–Crippen LogP) is 6.16. The number of alkyl halides is 1. The number of rotatable bonds is 3. The van der Waals surface area contributed by atoms with Crippen molar-refractivity contribution >= 4 is 69.6 Å². The molecule has 0 aliphatic heterocycles. The van der Waals surface area contributed by atoms with Gasteiger partial charge in [-0.1, -0.05) is 83.3 Å². The highest BCUT2D eigenvalue weighted by molar-refractivity contribution is 6.62. The molecule has 0 bridgehead atoms. The smallest absolute Gasteiger partial charge is 0.121 e. The Kier molecular flexibility index (Phi) is 13.5. The molecule has 0 nitrogen and oxygen atoms in total. The van der Waals surface area contributed by atoms with Crippen LogP contribution >= 0.6 is 69.6 Å². The lowest BCUT2D eigenvalue weighted by Crippen LogP contribution is -1.81. The molecule has 0 saturated heterocycles. The van der Waals surface area contributed by atoms with E-state index in [4.69, 9.17) is 69.6 Å². The largest absolute Gasteiger partial charge is 0.126 e. The van der Waals surface area contributed by atoms with Crippen LogP contribution in [0.25, 0.3) is 0 Å². The van der Waals surface area contributed by atoms with Crippen LogP contribution in [0.2, 0.25) is 0 Å². The zero-order chi connectivity index (χ0) is 12.4. The zero-order valence-corrected chi connectivity index (χ0v) is 12.1. The molecule has 15 heavy (non-hydrogen) atoms. The van der Waals surface area contributed by atoms with E-state index >= 15 is 0 Å². The summed E-state index contributed by atoms with van der Waals surface area (Å²) < 4.78 is -0.139. The Balaban J connectivity index is 0. The SMILES string of the molecule is C=CC=C.ClCC(Cl)=C(Cl)C(Cl)=C(Cl)Cl. The lowest BCUT2D eigenvalue weighted by molar-refractivity contribution is 1.62. The molecule has 0 heterocycles. The second-order valence-electron chi connectivity index (χ2n) is 1.90. The van der Waals surface area contributed by atoms with E-state index in [1.165, 1.54) is 0 Å². The summed E-state index contributed by atoms with van der Waals surface area (Å²) in [6.07, 6.45) is 3.28. The number of hydrogen-bond acceptors (Lipinski definition) is 0. The van der Waals surface area contributed by atoms with Crippen molar-refractivity contribution in [2.45, 2.75) is 0 Å². The van der Waals surface area contributed by atoms with Crippen molar-refractivity contribution in [2.75, 3.05) is 5.88 Å². The molecule has 0 unspecified atom stereocenters. The minimum absolute atomic E-state index is 0.000602. The van der Waals surface area contributed by atoms with Crippen molar-refractivity contribution in [1.29, 1.82) is 0 Å². The first-order valence-corrected chi connectivity index (χ1v) is 5.89. The van der Waals surface area contributed by atoms with E-state index in [2.05, 4.69) is 13.2 Å². The Bertz CT molecular complexity index is 266. The molecule has 0 aromatic heterocycles. The Morgan fingerprint density at radius 2 is 1.27 bits per heavy atom. The molecule has 0 aliphatic rings. The summed E-state index contributed by atoms with van der Waals surface area (Å²) in [5.74, 6) is 0.0671. The van der Waals surface area contributed by atoms with Crippen molar-refractivity contribution in [1.82, 2.24) is 0 Å². The third-order valence-corrected chi connectivity index (χ3v) is 3.17. The molecule has 0 aromatic carbocycles. The highest BCUT2D eigenvalue weighted by Crippen LogP contribution is 2.31. The standard InChI is InChI=1S/C5H2Cl6.C4H6/c6-1-2(7)3(8)4(9)5(10)11;1-3-4-2/h1H2;3-4H,1-2H2. The molecular weight excluding hydrogens is 321 g/mol. The molecule has 0 radical (unpaired) electrons. The monoisotopic (exact) mass is 326 g/mol. The molecule has 0 aliphatic carbocycles. The second-order valence-corrected chi connectivity index (χ2v) is 4.33. The van der Waals surface area contributed by atoms with Gasteiger partial charge in [-0.3, -0.25) is 0 Å². The van der Waals surface area contributed by atoms with E-state index in [9.17, 15) is 0 Å². The molecule has 0 atom stereocenters. The maximum absolute atomic E-state index is 5.58. The Morgan fingerprint density at radius 3 is 1.47 bits per heavy atom. The first-order valence-electron chi connectivity index (χ1n) is 3.47. The lowest BCUT2D eigenvalue weighted by Gasteiger charge is -1.98. The van der Waals surface area contributed by atoms with Crippen LogP contribution in [0.3, 0.4) is 0 Å². The number of hydrogen-bond donors (Lipinski definition) is 0. The van der Waals surface area contributed by atoms with Crippen LogP contribution in [0.4, 0.5) is 0 Å². The van der Waals surface area contributed by atoms with Crippen molar-refractivity contribution in [3.63, 3.8) is 0 Å². The molecule has 86 valence electrons. The summed E-state index contributed by atoms with van der Waals surface area (Å²) >= 11 is 32.6. The average Bonchev–Trinajstić information content (AvgIpc) is 2.25. The van der Waals surface area contributed by atoms with Gasteiger partial charge in [0.2, 0.25) is 0 Å². The van der Waals surface area contributed by atoms with Crippen molar-refractivity contribution < 1.29 is 0 Å². The van der Waals surface area contributed by atoms with E-state index in [-0.39, 0.29) is 25.5 Å². The van der Waals surface area contributed by atoms with Crippen LogP contribution in [0, 0.1) is 0 Å². The average molecular weight is 329 g/mol. The van der Waals surface area contributed by atoms with E-state index in [1.54, 1.807) is 12.2 Å². The molecule has 6 heteroatoms. The highest BCUT2D eigenvalue weighted by Gasteiger charge is 2.08. The first kappa shape index (κ1) is 18.1. The van der Waals surface area contributed by atoms with E-state index < -0.39 is 0 Å². The number of allylic oxidation sites excluding steroid dienone is 5. The summed E-state index contributed by atoms with van der Waals surface area (Å²) in [4.78, 5) is 0. The van der Waals surface area contributed by atoms with Gasteiger partial charge >= 0.3 is 0 Å². The van der Waals surface area contributed by atoms with Crippen molar-refractivity contribution in [3.8, 4) is 0 Å². The summed E-state index contributed by atoms with van der Waals surface area (Å²) in [7, 11) is 0. The fourth-order valence-corrected chi connectivity index (χ4v) is 1.17. The summed E-state index contributed by atoms with van der Waals surface area (Å²) in [6.45, 7) is 6.72. The van der Waals surface area contributed by atoms with Crippen LogP contribution in [-0.4, -0.2) is 5.88 Å². The van der Waals surface area contributed by atoms with Gasteiger partial charge in [-0.2, -0.15) is 0 Å². The van der Waals surface area contributed by atoms with Crippen molar-refractivity contribution in [2.24, 2.45) is 0 Å². The third-order valence-electron chi connectivity index (χ3n) is 0.881. The van der Waals surface area contributed by atoms with Crippen LogP contribution in [0.5, 0.6) is 0 Å².